The van der Waals surface area contributed by atoms with E-state index in [2.05, 4.69) is 25.9 Å². The normalized spacial score (nSPS) is 13.4. The summed E-state index contributed by atoms with van der Waals surface area (Å²) in [5.74, 6) is 0. The second-order valence-corrected chi connectivity index (χ2v) is 2.15. The van der Waals surface area contributed by atoms with E-state index in [0.29, 0.717) is 0 Å². The summed E-state index contributed by atoms with van der Waals surface area (Å²) in [6, 6.07) is 0. The van der Waals surface area contributed by atoms with E-state index in [4.69, 9.17) is 0 Å². The molecule has 0 aromatic rings. The summed E-state index contributed by atoms with van der Waals surface area (Å²) in [7, 11) is 0. The summed E-state index contributed by atoms with van der Waals surface area (Å²) in [5.41, 5.74) is -0.959. The van der Waals surface area contributed by atoms with Crippen LogP contribution in [0.5, 0.6) is 0 Å². The molecule has 66 valence electrons. The molecule has 11 heavy (non-hydrogen) atoms. The van der Waals surface area contributed by atoms with Gasteiger partial charge in [0.25, 0.3) is 0 Å². The molecular formula is C5H7BrF3NO. The van der Waals surface area contributed by atoms with E-state index in [1.165, 1.54) is 0 Å². The van der Waals surface area contributed by atoms with Crippen LogP contribution in [-0.4, -0.2) is 23.8 Å². The van der Waals surface area contributed by atoms with Crippen LogP contribution in [0.2, 0.25) is 0 Å². The third kappa shape index (κ3) is 4.23. The topological polar surface area (TPSA) is 21.6 Å². The second-order valence-electron chi connectivity index (χ2n) is 1.59. The molecule has 0 bridgehead atoms. The van der Waals surface area contributed by atoms with E-state index in [-0.39, 0.29) is 11.9 Å². The van der Waals surface area contributed by atoms with Crippen LogP contribution in [0.1, 0.15) is 6.92 Å². The van der Waals surface area contributed by atoms with Gasteiger partial charge in [0, 0.05) is 0 Å². The van der Waals surface area contributed by atoms with Crippen LogP contribution in [-0.2, 0) is 4.84 Å². The zero-order chi connectivity index (χ0) is 8.91. The molecule has 6 heteroatoms. The molecule has 2 nitrogen and oxygen atoms in total. The maximum absolute atomic E-state index is 11.8. The minimum absolute atomic E-state index is 0.132. The zero-order valence-electron chi connectivity index (χ0n) is 5.78. The van der Waals surface area contributed by atoms with Gasteiger partial charge < -0.3 is 4.84 Å². The third-order valence-corrected chi connectivity index (χ3v) is 1.29. The highest BCUT2D eigenvalue weighted by atomic mass is 79.9. The van der Waals surface area contributed by atoms with Crippen LogP contribution in [0.15, 0.2) is 5.16 Å². The highest BCUT2D eigenvalue weighted by Gasteiger charge is 2.35. The minimum atomic E-state index is -4.40. The van der Waals surface area contributed by atoms with Crippen molar-refractivity contribution in [2.45, 2.75) is 13.1 Å². The molecule has 0 rings (SSSR count). The highest BCUT2D eigenvalue weighted by molar-refractivity contribution is 9.09. The fraction of sp³-hybridized carbons (Fsp3) is 0.800. The van der Waals surface area contributed by atoms with Crippen LogP contribution in [0.25, 0.3) is 0 Å². The SMILES string of the molecule is CCON=C(CBr)C(F)(F)F. The van der Waals surface area contributed by atoms with Gasteiger partial charge in [-0.15, -0.1) is 0 Å². The molecule has 0 aliphatic rings. The molecule has 0 aromatic carbocycles. The molecule has 0 saturated carbocycles. The molecule has 0 amide bonds. The van der Waals surface area contributed by atoms with Crippen molar-refractivity contribution in [3.05, 3.63) is 0 Å². The Balaban J connectivity index is 4.16. The van der Waals surface area contributed by atoms with E-state index in [1.54, 1.807) is 6.92 Å². The van der Waals surface area contributed by atoms with E-state index in [9.17, 15) is 13.2 Å². The fourth-order valence-corrected chi connectivity index (χ4v) is 0.715. The number of halogens is 4. The first-order valence-corrected chi connectivity index (χ1v) is 3.96. The van der Waals surface area contributed by atoms with Gasteiger partial charge in [-0.25, -0.2) is 0 Å². The lowest BCUT2D eigenvalue weighted by atomic mass is 10.4. The van der Waals surface area contributed by atoms with Crippen LogP contribution in [0, 0.1) is 0 Å². The van der Waals surface area contributed by atoms with E-state index >= 15 is 0 Å². The van der Waals surface area contributed by atoms with E-state index in [1.807, 2.05) is 0 Å². The molecule has 0 atom stereocenters. The Morgan fingerprint density at radius 1 is 1.55 bits per heavy atom. The molecule has 0 radical (unpaired) electrons. The van der Waals surface area contributed by atoms with Crippen molar-refractivity contribution in [1.82, 2.24) is 0 Å². The quantitative estimate of drug-likeness (QED) is 0.417. The average Bonchev–Trinajstić information content (AvgIpc) is 1.87. The molecular weight excluding hydrogens is 227 g/mol. The van der Waals surface area contributed by atoms with E-state index in [0.717, 1.165) is 0 Å². The van der Waals surface area contributed by atoms with Crippen molar-refractivity contribution in [3.63, 3.8) is 0 Å². The van der Waals surface area contributed by atoms with Crippen LogP contribution in [0.4, 0.5) is 13.2 Å². The predicted octanol–water partition coefficient (Wildman–Crippen LogP) is 2.34. The smallest absolute Gasteiger partial charge is 0.396 e. The number of rotatable bonds is 3. The Kier molecular flexibility index (Phi) is 4.48. The van der Waals surface area contributed by atoms with Gasteiger partial charge in [0.1, 0.15) is 6.61 Å². The standard InChI is InChI=1S/C5H7BrF3NO/c1-2-11-10-4(3-6)5(7,8)9/h2-3H2,1H3. The first kappa shape index (κ1) is 10.7. The molecule has 0 spiro atoms. The Morgan fingerprint density at radius 2 is 2.09 bits per heavy atom. The van der Waals surface area contributed by atoms with E-state index < -0.39 is 11.9 Å². The number of hydrogen-bond acceptors (Lipinski definition) is 2. The highest BCUT2D eigenvalue weighted by Crippen LogP contribution is 2.18. The summed E-state index contributed by atoms with van der Waals surface area (Å²) < 4.78 is 35.4. The molecule has 0 N–H and O–H groups in total. The zero-order valence-corrected chi connectivity index (χ0v) is 7.37. The van der Waals surface area contributed by atoms with Crippen LogP contribution in [0.3, 0.4) is 0 Å². The number of hydrogen-bond donors (Lipinski definition) is 0. The van der Waals surface area contributed by atoms with Crippen LogP contribution < -0.4 is 0 Å². The number of oxime groups is 1. The van der Waals surface area contributed by atoms with Gasteiger partial charge >= 0.3 is 6.18 Å². The van der Waals surface area contributed by atoms with Gasteiger partial charge in [-0.1, -0.05) is 21.1 Å². The molecule has 0 fully saturated rings. The summed E-state index contributed by atoms with van der Waals surface area (Å²) >= 11 is 2.65. The van der Waals surface area contributed by atoms with Gasteiger partial charge in [0.05, 0.1) is 5.33 Å². The summed E-state index contributed by atoms with van der Waals surface area (Å²) in [4.78, 5) is 4.25. The third-order valence-electron chi connectivity index (χ3n) is 0.758. The van der Waals surface area contributed by atoms with Crippen molar-refractivity contribution < 1.29 is 18.0 Å². The van der Waals surface area contributed by atoms with Crippen molar-refractivity contribution >= 4 is 21.6 Å². The molecule has 0 aliphatic carbocycles. The first-order chi connectivity index (χ1) is 5.02. The molecule has 0 saturated heterocycles. The maximum Gasteiger partial charge on any atom is 0.433 e. The Labute approximate surface area is 70.5 Å². The van der Waals surface area contributed by atoms with Gasteiger partial charge in [-0.3, -0.25) is 0 Å². The van der Waals surface area contributed by atoms with Crippen LogP contribution >= 0.6 is 15.9 Å². The van der Waals surface area contributed by atoms with Gasteiger partial charge in [-0.2, -0.15) is 13.2 Å². The lowest BCUT2D eigenvalue weighted by Gasteiger charge is -2.05. The van der Waals surface area contributed by atoms with Crippen molar-refractivity contribution in [2.24, 2.45) is 5.16 Å². The predicted molar refractivity (Wildman–Crippen MR) is 38.9 cm³/mol. The Morgan fingerprint density at radius 3 is 2.36 bits per heavy atom. The summed E-state index contributed by atoms with van der Waals surface area (Å²) in [6.07, 6.45) is -4.40. The van der Waals surface area contributed by atoms with Gasteiger partial charge in [0.15, 0.2) is 5.71 Å². The maximum atomic E-state index is 11.8. The monoisotopic (exact) mass is 233 g/mol. The first-order valence-electron chi connectivity index (χ1n) is 2.84. The number of alkyl halides is 4. The average molecular weight is 234 g/mol. The van der Waals surface area contributed by atoms with Crippen molar-refractivity contribution in [2.75, 3.05) is 11.9 Å². The lowest BCUT2D eigenvalue weighted by Crippen LogP contribution is -2.24. The number of nitrogens with zero attached hydrogens (tertiary/aromatic N) is 1. The molecule has 0 aromatic heterocycles. The van der Waals surface area contributed by atoms with Crippen molar-refractivity contribution in [1.29, 1.82) is 0 Å². The van der Waals surface area contributed by atoms with Gasteiger partial charge in [-0.05, 0) is 6.92 Å². The minimum Gasteiger partial charge on any atom is -0.396 e. The Bertz CT molecular complexity index is 145. The van der Waals surface area contributed by atoms with Gasteiger partial charge in [0.2, 0.25) is 0 Å². The molecule has 0 heterocycles. The Hall–Kier alpha value is -0.260. The fourth-order valence-electron chi connectivity index (χ4n) is 0.294. The van der Waals surface area contributed by atoms with Crippen molar-refractivity contribution in [3.8, 4) is 0 Å². The largest absolute Gasteiger partial charge is 0.433 e. The second kappa shape index (κ2) is 4.58. The summed E-state index contributed by atoms with van der Waals surface area (Å²) in [6.45, 7) is 1.69. The summed E-state index contributed by atoms with van der Waals surface area (Å²) in [5, 5.41) is 2.53. The lowest BCUT2D eigenvalue weighted by molar-refractivity contribution is -0.0622. The molecule has 0 unspecified atom stereocenters. The molecule has 0 aliphatic heterocycles.